The molecular formula is C14H18BrNO3. The molecule has 0 bridgehead atoms. The van der Waals surface area contributed by atoms with Crippen LogP contribution in [0.15, 0.2) is 22.7 Å². The van der Waals surface area contributed by atoms with Gasteiger partial charge in [-0.05, 0) is 34.1 Å². The summed E-state index contributed by atoms with van der Waals surface area (Å²) in [6, 6.07) is 5.45. The Morgan fingerprint density at radius 3 is 2.74 bits per heavy atom. The van der Waals surface area contributed by atoms with Gasteiger partial charge in [-0.1, -0.05) is 0 Å². The predicted molar refractivity (Wildman–Crippen MR) is 77.8 cm³/mol. The molecule has 0 saturated carbocycles. The fourth-order valence-electron chi connectivity index (χ4n) is 2.34. The Balaban J connectivity index is 2.10. The fourth-order valence-corrected chi connectivity index (χ4v) is 3.04. The van der Waals surface area contributed by atoms with Crippen LogP contribution in [-0.2, 0) is 4.74 Å². The number of benzene rings is 1. The summed E-state index contributed by atoms with van der Waals surface area (Å²) in [5.74, 6) is 0. The number of rotatable bonds is 4. The zero-order chi connectivity index (χ0) is 13.9. The van der Waals surface area contributed by atoms with E-state index < -0.39 is 5.60 Å². The maximum atomic E-state index is 10.7. The highest BCUT2D eigenvalue weighted by Crippen LogP contribution is 2.29. The van der Waals surface area contributed by atoms with Crippen LogP contribution in [0.5, 0.6) is 0 Å². The molecule has 5 heteroatoms. The smallest absolute Gasteiger partial charge is 0.150 e. The van der Waals surface area contributed by atoms with Crippen molar-refractivity contribution in [2.75, 3.05) is 31.7 Å². The Morgan fingerprint density at radius 2 is 2.16 bits per heavy atom. The van der Waals surface area contributed by atoms with Crippen LogP contribution in [0.4, 0.5) is 5.69 Å². The summed E-state index contributed by atoms with van der Waals surface area (Å²) in [6.07, 6.45) is 2.13. The minimum atomic E-state index is -0.699. The lowest BCUT2D eigenvalue weighted by Gasteiger charge is -2.36. The number of hydrogen-bond acceptors (Lipinski definition) is 4. The number of aldehydes is 1. The van der Waals surface area contributed by atoms with Crippen LogP contribution in [0.1, 0.15) is 23.2 Å². The highest BCUT2D eigenvalue weighted by Gasteiger charge is 2.31. The van der Waals surface area contributed by atoms with Crippen molar-refractivity contribution in [2.45, 2.75) is 18.4 Å². The van der Waals surface area contributed by atoms with E-state index in [1.165, 1.54) is 0 Å². The number of ether oxygens (including phenoxy) is 1. The molecule has 1 saturated heterocycles. The first kappa shape index (κ1) is 14.5. The monoisotopic (exact) mass is 327 g/mol. The Morgan fingerprint density at radius 1 is 1.47 bits per heavy atom. The van der Waals surface area contributed by atoms with Gasteiger partial charge >= 0.3 is 0 Å². The molecule has 1 fully saturated rings. The van der Waals surface area contributed by atoms with Gasteiger partial charge in [0.05, 0.1) is 11.3 Å². The highest BCUT2D eigenvalue weighted by atomic mass is 79.9. The molecule has 0 aromatic heterocycles. The van der Waals surface area contributed by atoms with Crippen molar-refractivity contribution in [1.29, 1.82) is 0 Å². The van der Waals surface area contributed by atoms with Crippen molar-refractivity contribution < 1.29 is 14.6 Å². The van der Waals surface area contributed by atoms with Crippen molar-refractivity contribution in [1.82, 2.24) is 0 Å². The third kappa shape index (κ3) is 3.55. The van der Waals surface area contributed by atoms with E-state index in [0.717, 1.165) is 16.4 Å². The molecule has 0 amide bonds. The number of likely N-dealkylation sites (N-methyl/N-ethyl adjacent to an activating group) is 1. The maximum Gasteiger partial charge on any atom is 0.150 e. The van der Waals surface area contributed by atoms with Crippen molar-refractivity contribution in [3.8, 4) is 0 Å². The third-order valence-electron chi connectivity index (χ3n) is 3.47. The van der Waals surface area contributed by atoms with Crippen LogP contribution >= 0.6 is 15.9 Å². The first-order chi connectivity index (χ1) is 9.04. The Kier molecular flexibility index (Phi) is 4.60. The van der Waals surface area contributed by atoms with E-state index in [0.29, 0.717) is 38.2 Å². The molecule has 2 rings (SSSR count). The SMILES string of the molecule is CN(CC1(O)CCOCC1)c1ccc(C=O)cc1Br. The molecule has 0 atom stereocenters. The summed E-state index contributed by atoms with van der Waals surface area (Å²) in [7, 11) is 1.94. The lowest BCUT2D eigenvalue weighted by molar-refractivity contribution is -0.0572. The highest BCUT2D eigenvalue weighted by molar-refractivity contribution is 9.10. The van der Waals surface area contributed by atoms with Gasteiger partial charge in [0.25, 0.3) is 0 Å². The van der Waals surface area contributed by atoms with Gasteiger partial charge in [-0.15, -0.1) is 0 Å². The average Bonchev–Trinajstić information content (AvgIpc) is 2.38. The number of halogens is 1. The minimum absolute atomic E-state index is 0.551. The van der Waals surface area contributed by atoms with Gasteiger partial charge in [-0.2, -0.15) is 0 Å². The normalized spacial score (nSPS) is 18.1. The molecule has 0 radical (unpaired) electrons. The van der Waals surface area contributed by atoms with E-state index in [1.807, 2.05) is 18.0 Å². The van der Waals surface area contributed by atoms with Gasteiger partial charge < -0.3 is 14.7 Å². The quantitative estimate of drug-likeness (QED) is 0.862. The first-order valence-electron chi connectivity index (χ1n) is 6.30. The molecule has 1 N–H and O–H groups in total. The second-order valence-electron chi connectivity index (χ2n) is 5.02. The van der Waals surface area contributed by atoms with E-state index in [9.17, 15) is 9.90 Å². The van der Waals surface area contributed by atoms with Crippen molar-refractivity contribution in [3.05, 3.63) is 28.2 Å². The summed E-state index contributed by atoms with van der Waals surface area (Å²) in [5.41, 5.74) is 0.898. The standard InChI is InChI=1S/C14H18BrNO3/c1-16(10-14(18)4-6-19-7-5-14)13-3-2-11(9-17)8-12(13)15/h2-3,8-9,18H,4-7,10H2,1H3. The number of carbonyl (C=O) groups excluding carboxylic acids is 1. The van der Waals surface area contributed by atoms with E-state index in [-0.39, 0.29) is 0 Å². The maximum absolute atomic E-state index is 10.7. The summed E-state index contributed by atoms with van der Waals surface area (Å²) in [5, 5.41) is 10.5. The Hall–Kier alpha value is -0.910. The molecule has 104 valence electrons. The van der Waals surface area contributed by atoms with Crippen LogP contribution in [-0.4, -0.2) is 43.8 Å². The largest absolute Gasteiger partial charge is 0.388 e. The van der Waals surface area contributed by atoms with Gasteiger partial charge in [0.15, 0.2) is 0 Å². The number of carbonyl (C=O) groups is 1. The van der Waals surface area contributed by atoms with Gasteiger partial charge in [0.1, 0.15) is 6.29 Å². The van der Waals surface area contributed by atoms with Gasteiger partial charge in [0, 0.05) is 49.7 Å². The van der Waals surface area contributed by atoms with Crippen LogP contribution in [0.3, 0.4) is 0 Å². The summed E-state index contributed by atoms with van der Waals surface area (Å²) >= 11 is 3.46. The lowest BCUT2D eigenvalue weighted by atomic mass is 9.94. The van der Waals surface area contributed by atoms with Crippen LogP contribution in [0, 0.1) is 0 Å². The molecule has 19 heavy (non-hydrogen) atoms. The number of nitrogens with zero attached hydrogens (tertiary/aromatic N) is 1. The Bertz CT molecular complexity index is 458. The Labute approximate surface area is 121 Å². The van der Waals surface area contributed by atoms with Gasteiger partial charge in [-0.25, -0.2) is 0 Å². The van der Waals surface area contributed by atoms with E-state index in [1.54, 1.807) is 12.1 Å². The van der Waals surface area contributed by atoms with E-state index in [4.69, 9.17) is 4.74 Å². The summed E-state index contributed by atoms with van der Waals surface area (Å²) in [4.78, 5) is 12.7. The zero-order valence-corrected chi connectivity index (χ0v) is 12.5. The van der Waals surface area contributed by atoms with Gasteiger partial charge in [0.2, 0.25) is 0 Å². The molecule has 0 spiro atoms. The molecule has 1 aromatic carbocycles. The van der Waals surface area contributed by atoms with Crippen LogP contribution < -0.4 is 4.90 Å². The average molecular weight is 328 g/mol. The molecular weight excluding hydrogens is 310 g/mol. The number of anilines is 1. The van der Waals surface area contributed by atoms with Crippen LogP contribution in [0.25, 0.3) is 0 Å². The molecule has 4 nitrogen and oxygen atoms in total. The molecule has 1 aliphatic heterocycles. The van der Waals surface area contributed by atoms with Crippen molar-refractivity contribution in [2.24, 2.45) is 0 Å². The van der Waals surface area contributed by atoms with E-state index in [2.05, 4.69) is 15.9 Å². The second-order valence-corrected chi connectivity index (χ2v) is 5.88. The second kappa shape index (κ2) is 6.03. The summed E-state index contributed by atoms with van der Waals surface area (Å²) < 4.78 is 6.14. The molecule has 1 heterocycles. The zero-order valence-electron chi connectivity index (χ0n) is 10.9. The van der Waals surface area contributed by atoms with Gasteiger partial charge in [-0.3, -0.25) is 4.79 Å². The topological polar surface area (TPSA) is 49.8 Å². The van der Waals surface area contributed by atoms with Crippen LogP contribution in [0.2, 0.25) is 0 Å². The third-order valence-corrected chi connectivity index (χ3v) is 4.11. The van der Waals surface area contributed by atoms with E-state index >= 15 is 0 Å². The summed E-state index contributed by atoms with van der Waals surface area (Å²) in [6.45, 7) is 1.76. The van der Waals surface area contributed by atoms with Crippen molar-refractivity contribution in [3.63, 3.8) is 0 Å². The van der Waals surface area contributed by atoms with Crippen molar-refractivity contribution >= 4 is 27.9 Å². The molecule has 1 aliphatic rings. The molecule has 0 unspecified atom stereocenters. The molecule has 1 aromatic rings. The number of hydrogen-bond donors (Lipinski definition) is 1. The minimum Gasteiger partial charge on any atom is -0.388 e. The predicted octanol–water partition coefficient (Wildman–Crippen LogP) is 2.24. The first-order valence-corrected chi connectivity index (χ1v) is 7.09. The molecule has 0 aliphatic carbocycles. The lowest BCUT2D eigenvalue weighted by Crippen LogP contribution is -2.45. The number of aliphatic hydroxyl groups is 1. The fraction of sp³-hybridized carbons (Fsp3) is 0.500.